The minimum Gasteiger partial charge on any atom is -0.339 e. The summed E-state index contributed by atoms with van der Waals surface area (Å²) in [6.45, 7) is 7.44. The van der Waals surface area contributed by atoms with Gasteiger partial charge in [-0.2, -0.15) is 4.98 Å². The molecule has 6 heteroatoms. The van der Waals surface area contributed by atoms with Crippen LogP contribution >= 0.6 is 15.9 Å². The first-order valence-electron chi connectivity index (χ1n) is 7.34. The lowest BCUT2D eigenvalue weighted by Crippen LogP contribution is -2.33. The lowest BCUT2D eigenvalue weighted by atomic mass is 9.99. The molecule has 5 nitrogen and oxygen atoms in total. The summed E-state index contributed by atoms with van der Waals surface area (Å²) >= 11 is 3.36. The lowest BCUT2D eigenvalue weighted by Gasteiger charge is -2.20. The van der Waals surface area contributed by atoms with Gasteiger partial charge in [0.05, 0.1) is 5.92 Å². The maximum atomic E-state index is 5.42. The van der Waals surface area contributed by atoms with Crippen LogP contribution in [0.4, 0.5) is 0 Å². The van der Waals surface area contributed by atoms with Crippen molar-refractivity contribution in [1.82, 2.24) is 20.4 Å². The summed E-state index contributed by atoms with van der Waals surface area (Å²) in [4.78, 5) is 8.78. The van der Waals surface area contributed by atoms with Crippen LogP contribution in [0.3, 0.4) is 0 Å². The molecular formula is C15H21BrN4O. The van der Waals surface area contributed by atoms with Crippen molar-refractivity contribution in [2.75, 3.05) is 6.54 Å². The van der Waals surface area contributed by atoms with E-state index in [9.17, 15) is 0 Å². The number of hydrogen-bond acceptors (Lipinski definition) is 5. The number of hydrogen-bond donors (Lipinski definition) is 1. The zero-order valence-electron chi connectivity index (χ0n) is 12.6. The Balaban J connectivity index is 2.12. The third-order valence-electron chi connectivity index (χ3n) is 3.49. The SMILES string of the molecule is CCCNC(CC)C(C)c1nc(-c2ccc(Br)cn2)no1. The van der Waals surface area contributed by atoms with E-state index in [1.165, 1.54) is 0 Å². The third kappa shape index (κ3) is 4.11. The average molecular weight is 353 g/mol. The Bertz CT molecular complexity index is 555. The molecule has 0 aliphatic rings. The fourth-order valence-corrected chi connectivity index (χ4v) is 2.44. The van der Waals surface area contributed by atoms with Crippen LogP contribution in [0.15, 0.2) is 27.3 Å². The van der Waals surface area contributed by atoms with E-state index in [0.29, 0.717) is 17.8 Å². The minimum atomic E-state index is 0.179. The Morgan fingerprint density at radius 3 is 2.76 bits per heavy atom. The Labute approximate surface area is 133 Å². The molecule has 0 radical (unpaired) electrons. The standard InChI is InChI=1S/C15H21BrN4O/c1-4-8-17-12(5-2)10(3)15-19-14(20-21-15)13-7-6-11(16)9-18-13/h6-7,9-10,12,17H,4-5,8H2,1-3H3. The number of nitrogens with zero attached hydrogens (tertiary/aromatic N) is 3. The Kier molecular flexibility index (Phi) is 5.87. The quantitative estimate of drug-likeness (QED) is 0.821. The molecule has 0 bridgehead atoms. The summed E-state index contributed by atoms with van der Waals surface area (Å²) in [7, 11) is 0. The molecule has 1 N–H and O–H groups in total. The Hall–Kier alpha value is -1.27. The van der Waals surface area contributed by atoms with Gasteiger partial charge in [0, 0.05) is 16.7 Å². The molecule has 0 spiro atoms. The van der Waals surface area contributed by atoms with E-state index in [1.807, 2.05) is 12.1 Å². The largest absolute Gasteiger partial charge is 0.339 e. The molecule has 2 heterocycles. The topological polar surface area (TPSA) is 63.8 Å². The maximum Gasteiger partial charge on any atom is 0.231 e. The van der Waals surface area contributed by atoms with Crippen LogP contribution in [0.1, 0.15) is 45.4 Å². The van der Waals surface area contributed by atoms with Crippen LogP contribution in [-0.4, -0.2) is 27.7 Å². The summed E-state index contributed by atoms with van der Waals surface area (Å²) in [5.41, 5.74) is 0.718. The first-order chi connectivity index (χ1) is 10.2. The average Bonchev–Trinajstić information content (AvgIpc) is 2.98. The highest BCUT2D eigenvalue weighted by Crippen LogP contribution is 2.23. The highest BCUT2D eigenvalue weighted by Gasteiger charge is 2.23. The summed E-state index contributed by atoms with van der Waals surface area (Å²) in [6.07, 6.45) is 3.86. The van der Waals surface area contributed by atoms with E-state index >= 15 is 0 Å². The number of pyridine rings is 1. The predicted molar refractivity (Wildman–Crippen MR) is 86.0 cm³/mol. The Morgan fingerprint density at radius 2 is 2.14 bits per heavy atom. The molecule has 0 amide bonds. The van der Waals surface area contributed by atoms with E-state index < -0.39 is 0 Å². The molecule has 0 aliphatic heterocycles. The fraction of sp³-hybridized carbons (Fsp3) is 0.533. The van der Waals surface area contributed by atoms with Crippen molar-refractivity contribution in [2.24, 2.45) is 0 Å². The Morgan fingerprint density at radius 1 is 1.33 bits per heavy atom. The molecule has 0 aromatic carbocycles. The molecule has 2 rings (SSSR count). The van der Waals surface area contributed by atoms with Crippen molar-refractivity contribution in [3.05, 3.63) is 28.7 Å². The van der Waals surface area contributed by atoms with Crippen molar-refractivity contribution in [3.8, 4) is 11.5 Å². The molecule has 0 saturated heterocycles. The van der Waals surface area contributed by atoms with Gasteiger partial charge in [-0.05, 0) is 47.4 Å². The molecular weight excluding hydrogens is 332 g/mol. The summed E-state index contributed by atoms with van der Waals surface area (Å²) in [5.74, 6) is 1.37. The van der Waals surface area contributed by atoms with Gasteiger partial charge in [0.15, 0.2) is 0 Å². The number of halogens is 1. The van der Waals surface area contributed by atoms with Gasteiger partial charge in [0.25, 0.3) is 0 Å². The van der Waals surface area contributed by atoms with Crippen molar-refractivity contribution in [3.63, 3.8) is 0 Å². The van der Waals surface area contributed by atoms with Crippen LogP contribution in [0.2, 0.25) is 0 Å². The summed E-state index contributed by atoms with van der Waals surface area (Å²) < 4.78 is 6.35. The van der Waals surface area contributed by atoms with E-state index in [0.717, 1.165) is 29.6 Å². The second kappa shape index (κ2) is 7.66. The number of rotatable bonds is 7. The summed E-state index contributed by atoms with van der Waals surface area (Å²) in [5, 5.41) is 7.57. The monoisotopic (exact) mass is 352 g/mol. The highest BCUT2D eigenvalue weighted by atomic mass is 79.9. The zero-order chi connectivity index (χ0) is 15.2. The predicted octanol–water partition coefficient (Wildman–Crippen LogP) is 3.78. The molecule has 21 heavy (non-hydrogen) atoms. The van der Waals surface area contributed by atoms with Crippen LogP contribution < -0.4 is 5.32 Å². The fourth-order valence-electron chi connectivity index (χ4n) is 2.21. The molecule has 2 unspecified atom stereocenters. The molecule has 0 aliphatic carbocycles. The van der Waals surface area contributed by atoms with E-state index in [4.69, 9.17) is 4.52 Å². The maximum absolute atomic E-state index is 5.42. The first kappa shape index (κ1) is 16.1. The van der Waals surface area contributed by atoms with E-state index in [2.05, 4.69) is 57.1 Å². The van der Waals surface area contributed by atoms with Crippen LogP contribution in [0.5, 0.6) is 0 Å². The number of aromatic nitrogens is 3. The lowest BCUT2D eigenvalue weighted by molar-refractivity contribution is 0.319. The van der Waals surface area contributed by atoms with Gasteiger partial charge < -0.3 is 9.84 Å². The normalized spacial score (nSPS) is 14.1. The van der Waals surface area contributed by atoms with Gasteiger partial charge in [-0.1, -0.05) is 25.9 Å². The first-order valence-corrected chi connectivity index (χ1v) is 8.13. The van der Waals surface area contributed by atoms with Crippen LogP contribution in [0.25, 0.3) is 11.5 Å². The van der Waals surface area contributed by atoms with Crippen molar-refractivity contribution >= 4 is 15.9 Å². The molecule has 2 aromatic heterocycles. The molecule has 2 atom stereocenters. The van der Waals surface area contributed by atoms with Crippen LogP contribution in [-0.2, 0) is 0 Å². The van der Waals surface area contributed by atoms with Gasteiger partial charge in [-0.3, -0.25) is 4.98 Å². The van der Waals surface area contributed by atoms with Gasteiger partial charge in [-0.25, -0.2) is 0 Å². The number of nitrogens with one attached hydrogen (secondary N) is 1. The second-order valence-corrected chi connectivity index (χ2v) is 5.99. The van der Waals surface area contributed by atoms with Gasteiger partial charge in [-0.15, -0.1) is 0 Å². The van der Waals surface area contributed by atoms with Crippen molar-refractivity contribution in [2.45, 2.75) is 45.6 Å². The second-order valence-electron chi connectivity index (χ2n) is 5.08. The highest BCUT2D eigenvalue weighted by molar-refractivity contribution is 9.10. The summed E-state index contributed by atoms with van der Waals surface area (Å²) in [6, 6.07) is 4.13. The van der Waals surface area contributed by atoms with Gasteiger partial charge in [0.2, 0.25) is 11.7 Å². The van der Waals surface area contributed by atoms with Gasteiger partial charge in [0.1, 0.15) is 5.69 Å². The molecule has 0 saturated carbocycles. The van der Waals surface area contributed by atoms with Crippen LogP contribution in [0, 0.1) is 0 Å². The zero-order valence-corrected chi connectivity index (χ0v) is 14.2. The van der Waals surface area contributed by atoms with Crippen molar-refractivity contribution < 1.29 is 4.52 Å². The van der Waals surface area contributed by atoms with E-state index in [-0.39, 0.29) is 5.92 Å². The molecule has 2 aromatic rings. The molecule has 0 fully saturated rings. The molecule has 114 valence electrons. The smallest absolute Gasteiger partial charge is 0.231 e. The van der Waals surface area contributed by atoms with E-state index in [1.54, 1.807) is 6.20 Å². The van der Waals surface area contributed by atoms with Gasteiger partial charge >= 0.3 is 0 Å². The third-order valence-corrected chi connectivity index (χ3v) is 3.96. The minimum absolute atomic E-state index is 0.179. The van der Waals surface area contributed by atoms with Crippen molar-refractivity contribution in [1.29, 1.82) is 0 Å².